The molecule has 0 atom stereocenters. The second-order valence-electron chi connectivity index (χ2n) is 9.03. The molecule has 6 rings (SSSR count). The van der Waals surface area contributed by atoms with Gasteiger partial charge in [-0.2, -0.15) is 15.1 Å². The fourth-order valence-corrected chi connectivity index (χ4v) is 4.96. The molecule has 0 aromatic carbocycles. The predicted molar refractivity (Wildman–Crippen MR) is 128 cm³/mol. The molecular weight excluding hydrogens is 418 g/mol. The largest absolute Gasteiger partial charge is 0.381 e. The van der Waals surface area contributed by atoms with E-state index in [9.17, 15) is 0 Å². The molecule has 0 bridgehead atoms. The second-order valence-corrected chi connectivity index (χ2v) is 9.03. The highest BCUT2D eigenvalue weighted by molar-refractivity contribution is 5.81. The Morgan fingerprint density at radius 3 is 2.55 bits per heavy atom. The average Bonchev–Trinajstić information content (AvgIpc) is 3.55. The van der Waals surface area contributed by atoms with E-state index in [4.69, 9.17) is 14.7 Å². The van der Waals surface area contributed by atoms with Gasteiger partial charge in [-0.05, 0) is 25.7 Å². The number of ether oxygens (including phenoxy) is 1. The summed E-state index contributed by atoms with van der Waals surface area (Å²) in [5.74, 6) is 3.33. The molecular formula is C23H31N9O. The molecule has 2 N–H and O–H groups in total. The topological polar surface area (TPSA) is 96.3 Å². The lowest BCUT2D eigenvalue weighted by atomic mass is 10.1. The van der Waals surface area contributed by atoms with Crippen LogP contribution in [0.1, 0.15) is 31.7 Å². The van der Waals surface area contributed by atoms with Crippen molar-refractivity contribution in [2.45, 2.75) is 31.7 Å². The fraction of sp³-hybridized carbons (Fsp3) is 0.565. The Kier molecular flexibility index (Phi) is 5.69. The maximum Gasteiger partial charge on any atom is 0.229 e. The van der Waals surface area contributed by atoms with Crippen LogP contribution in [0.2, 0.25) is 0 Å². The van der Waals surface area contributed by atoms with Crippen LogP contribution in [0.25, 0.3) is 10.9 Å². The van der Waals surface area contributed by atoms with Crippen molar-refractivity contribution in [3.05, 3.63) is 24.5 Å². The molecule has 3 saturated heterocycles. The Labute approximate surface area is 193 Å². The first-order valence-electron chi connectivity index (χ1n) is 12.1. The molecule has 0 spiro atoms. The van der Waals surface area contributed by atoms with Gasteiger partial charge in [-0.1, -0.05) is 0 Å². The monoisotopic (exact) mass is 449 g/mol. The number of rotatable bonds is 5. The number of piperazine rings is 1. The zero-order chi connectivity index (χ0) is 22.0. The minimum absolute atomic E-state index is 0.367. The number of hydrogen-bond acceptors (Lipinski definition) is 9. The molecule has 0 amide bonds. The van der Waals surface area contributed by atoms with Crippen molar-refractivity contribution < 1.29 is 4.74 Å². The molecule has 0 saturated carbocycles. The van der Waals surface area contributed by atoms with Crippen LogP contribution in [-0.4, -0.2) is 77.2 Å². The number of nitrogens with one attached hydrogen (secondary N) is 2. The first-order valence-corrected chi connectivity index (χ1v) is 12.1. The zero-order valence-corrected chi connectivity index (χ0v) is 18.9. The third-order valence-corrected chi connectivity index (χ3v) is 6.80. The van der Waals surface area contributed by atoms with Crippen LogP contribution in [0.3, 0.4) is 0 Å². The Morgan fingerprint density at radius 2 is 1.73 bits per heavy atom. The van der Waals surface area contributed by atoms with E-state index in [-0.39, 0.29) is 0 Å². The van der Waals surface area contributed by atoms with Gasteiger partial charge in [0.2, 0.25) is 5.95 Å². The van der Waals surface area contributed by atoms with E-state index in [0.717, 1.165) is 99.6 Å². The van der Waals surface area contributed by atoms with E-state index < -0.39 is 0 Å². The summed E-state index contributed by atoms with van der Waals surface area (Å²) in [6.07, 6.45) is 8.15. The molecule has 3 aliphatic heterocycles. The van der Waals surface area contributed by atoms with E-state index in [1.54, 1.807) is 0 Å². The van der Waals surface area contributed by atoms with Crippen molar-refractivity contribution in [1.82, 2.24) is 30.0 Å². The van der Waals surface area contributed by atoms with Crippen LogP contribution >= 0.6 is 0 Å². The molecule has 33 heavy (non-hydrogen) atoms. The van der Waals surface area contributed by atoms with Crippen LogP contribution in [0, 0.1) is 0 Å². The van der Waals surface area contributed by atoms with Gasteiger partial charge >= 0.3 is 0 Å². The normalized spacial score (nSPS) is 20.0. The number of anilines is 4. The fourth-order valence-electron chi connectivity index (χ4n) is 4.96. The van der Waals surface area contributed by atoms with Crippen molar-refractivity contribution in [2.24, 2.45) is 0 Å². The highest BCUT2D eigenvalue weighted by Gasteiger charge is 2.21. The van der Waals surface area contributed by atoms with Gasteiger partial charge in [-0.25, -0.2) is 4.98 Å². The Morgan fingerprint density at radius 1 is 0.909 bits per heavy atom. The first-order chi connectivity index (χ1) is 16.3. The van der Waals surface area contributed by atoms with Gasteiger partial charge in [0.15, 0.2) is 0 Å². The number of hydrogen-bond donors (Lipinski definition) is 2. The predicted octanol–water partition coefficient (Wildman–Crippen LogP) is 2.33. The van der Waals surface area contributed by atoms with Crippen LogP contribution in [0.15, 0.2) is 24.5 Å². The molecule has 0 unspecified atom stereocenters. The van der Waals surface area contributed by atoms with Gasteiger partial charge in [-0.15, -0.1) is 0 Å². The first kappa shape index (κ1) is 20.6. The zero-order valence-electron chi connectivity index (χ0n) is 18.9. The van der Waals surface area contributed by atoms with Crippen LogP contribution in [0.5, 0.6) is 0 Å². The number of fused-ring (bicyclic) bond motifs is 1. The molecule has 6 heterocycles. The molecule has 10 heteroatoms. The van der Waals surface area contributed by atoms with Crippen LogP contribution in [-0.2, 0) is 4.74 Å². The lowest BCUT2D eigenvalue weighted by Gasteiger charge is -2.29. The van der Waals surface area contributed by atoms with E-state index in [2.05, 4.69) is 41.3 Å². The quantitative estimate of drug-likeness (QED) is 0.608. The van der Waals surface area contributed by atoms with E-state index in [1.165, 1.54) is 12.8 Å². The minimum Gasteiger partial charge on any atom is -0.381 e. The lowest BCUT2D eigenvalue weighted by molar-refractivity contribution is 0.0675. The highest BCUT2D eigenvalue weighted by atomic mass is 16.5. The second kappa shape index (κ2) is 9.11. The standard InChI is InChI=1S/C23H31N9O/c1-2-8-31(7-1)23-28-21(14-22(29-23)30-9-5-24-6-10-30)27-20-13-19-17(15-25-20)16-26-32(19)18-3-11-33-12-4-18/h13-16,18,24H,1-12H2,(H,25,27,28,29). The smallest absolute Gasteiger partial charge is 0.229 e. The SMILES string of the molecule is c1c(Nc2cc3c(cn2)cnn3C2CCOCC2)nc(N2CCCC2)nc1N1CCNCC1. The van der Waals surface area contributed by atoms with Crippen LogP contribution < -0.4 is 20.4 Å². The third kappa shape index (κ3) is 4.32. The van der Waals surface area contributed by atoms with Crippen LogP contribution in [0.4, 0.5) is 23.4 Å². The van der Waals surface area contributed by atoms with Gasteiger partial charge in [0.25, 0.3) is 0 Å². The lowest BCUT2D eigenvalue weighted by Crippen LogP contribution is -2.44. The van der Waals surface area contributed by atoms with Gasteiger partial charge in [0.1, 0.15) is 17.5 Å². The van der Waals surface area contributed by atoms with Gasteiger partial charge in [0.05, 0.1) is 17.8 Å². The number of pyridine rings is 1. The summed E-state index contributed by atoms with van der Waals surface area (Å²) in [7, 11) is 0. The summed E-state index contributed by atoms with van der Waals surface area (Å²) in [6.45, 7) is 7.45. The van der Waals surface area contributed by atoms with Crippen molar-refractivity contribution in [1.29, 1.82) is 0 Å². The highest BCUT2D eigenvalue weighted by Crippen LogP contribution is 2.28. The van der Waals surface area contributed by atoms with Gasteiger partial charge in [0, 0.05) is 76.2 Å². The van der Waals surface area contributed by atoms with Crippen molar-refractivity contribution >= 4 is 34.3 Å². The minimum atomic E-state index is 0.367. The summed E-state index contributed by atoms with van der Waals surface area (Å²) < 4.78 is 7.67. The summed E-state index contributed by atoms with van der Waals surface area (Å²) in [5, 5.41) is 12.6. The average molecular weight is 450 g/mol. The maximum absolute atomic E-state index is 5.54. The molecule has 3 aromatic rings. The molecule has 3 fully saturated rings. The molecule has 10 nitrogen and oxygen atoms in total. The van der Waals surface area contributed by atoms with E-state index >= 15 is 0 Å². The Hall–Kier alpha value is -2.98. The Balaban J connectivity index is 1.31. The number of aromatic nitrogens is 5. The van der Waals surface area contributed by atoms with E-state index in [0.29, 0.717) is 6.04 Å². The third-order valence-electron chi connectivity index (χ3n) is 6.80. The summed E-state index contributed by atoms with van der Waals surface area (Å²) in [6, 6.07) is 4.50. The number of nitrogens with zero attached hydrogens (tertiary/aromatic N) is 7. The van der Waals surface area contributed by atoms with Gasteiger partial charge < -0.3 is 25.2 Å². The van der Waals surface area contributed by atoms with Crippen molar-refractivity contribution in [3.63, 3.8) is 0 Å². The summed E-state index contributed by atoms with van der Waals surface area (Å²) in [5.41, 5.74) is 1.09. The summed E-state index contributed by atoms with van der Waals surface area (Å²) >= 11 is 0. The molecule has 174 valence electrons. The summed E-state index contributed by atoms with van der Waals surface area (Å²) in [4.78, 5) is 19.1. The molecule has 3 aromatic heterocycles. The molecule has 0 aliphatic carbocycles. The van der Waals surface area contributed by atoms with Crippen molar-refractivity contribution in [3.8, 4) is 0 Å². The molecule has 3 aliphatic rings. The maximum atomic E-state index is 5.54. The van der Waals surface area contributed by atoms with E-state index in [1.807, 2.05) is 18.5 Å². The van der Waals surface area contributed by atoms with Gasteiger partial charge in [-0.3, -0.25) is 4.68 Å². The molecule has 0 radical (unpaired) electrons. The Bertz CT molecular complexity index is 1100. The van der Waals surface area contributed by atoms with Crippen molar-refractivity contribution in [2.75, 3.05) is 67.6 Å².